The van der Waals surface area contributed by atoms with Crippen LogP contribution in [0.3, 0.4) is 0 Å². The second kappa shape index (κ2) is 11.8. The molecule has 0 saturated carbocycles. The summed E-state index contributed by atoms with van der Waals surface area (Å²) < 4.78 is 1.80. The zero-order chi connectivity index (χ0) is 23.7. The minimum atomic E-state index is -0.193. The normalized spacial score (nSPS) is 11.4. The Morgan fingerprint density at radius 2 is 1.75 bits per heavy atom. The highest BCUT2D eigenvalue weighted by molar-refractivity contribution is 5.94. The minimum Gasteiger partial charge on any atom is -0.333 e. The van der Waals surface area contributed by atoms with Gasteiger partial charge in [0.1, 0.15) is 5.82 Å². The molecule has 1 aromatic carbocycles. The van der Waals surface area contributed by atoms with Crippen molar-refractivity contribution in [3.63, 3.8) is 0 Å². The molecular formula is C26H40N4O2. The number of nitrogens with zero attached hydrogens (tertiary/aromatic N) is 3. The van der Waals surface area contributed by atoms with E-state index in [0.29, 0.717) is 18.8 Å². The zero-order valence-corrected chi connectivity index (χ0v) is 20.7. The number of amides is 2. The van der Waals surface area contributed by atoms with Crippen LogP contribution in [0, 0.1) is 6.92 Å². The second-order valence-corrected chi connectivity index (χ2v) is 9.54. The first kappa shape index (κ1) is 25.6. The van der Waals surface area contributed by atoms with Crippen molar-refractivity contribution in [2.75, 3.05) is 18.4 Å². The number of aromatic nitrogens is 2. The molecule has 0 saturated heterocycles. The third-order valence-corrected chi connectivity index (χ3v) is 5.55. The van der Waals surface area contributed by atoms with Crippen molar-refractivity contribution < 1.29 is 9.59 Å². The fraction of sp³-hybridized carbons (Fsp3) is 0.577. The molecule has 2 aromatic rings. The largest absolute Gasteiger partial charge is 0.333 e. The first-order valence-electron chi connectivity index (χ1n) is 11.9. The van der Waals surface area contributed by atoms with Crippen LogP contribution in [-0.4, -0.2) is 39.6 Å². The molecule has 0 radical (unpaired) electrons. The predicted octanol–water partition coefficient (Wildman–Crippen LogP) is 5.63. The van der Waals surface area contributed by atoms with E-state index < -0.39 is 0 Å². The van der Waals surface area contributed by atoms with Crippen molar-refractivity contribution in [3.8, 4) is 5.69 Å². The van der Waals surface area contributed by atoms with E-state index in [4.69, 9.17) is 5.10 Å². The summed E-state index contributed by atoms with van der Waals surface area (Å²) in [6.07, 6.45) is 5.34. The van der Waals surface area contributed by atoms with Gasteiger partial charge in [0.15, 0.2) is 0 Å². The lowest BCUT2D eigenvalue weighted by atomic mass is 9.92. The van der Waals surface area contributed by atoms with Crippen LogP contribution in [0.2, 0.25) is 0 Å². The van der Waals surface area contributed by atoms with Crippen LogP contribution >= 0.6 is 0 Å². The van der Waals surface area contributed by atoms with Gasteiger partial charge in [-0.25, -0.2) is 4.68 Å². The van der Waals surface area contributed by atoms with E-state index >= 15 is 0 Å². The summed E-state index contributed by atoms with van der Waals surface area (Å²) in [6.45, 7) is 13.2. The number of anilines is 1. The molecule has 0 atom stereocenters. The van der Waals surface area contributed by atoms with Crippen molar-refractivity contribution in [1.29, 1.82) is 0 Å². The summed E-state index contributed by atoms with van der Waals surface area (Å²) in [5, 5.41) is 7.83. The smallest absolute Gasteiger partial charge is 0.245 e. The molecule has 176 valence electrons. The fourth-order valence-electron chi connectivity index (χ4n) is 3.51. The summed E-state index contributed by atoms with van der Waals surface area (Å²) >= 11 is 0. The lowest BCUT2D eigenvalue weighted by molar-refractivity contribution is -0.134. The van der Waals surface area contributed by atoms with Gasteiger partial charge in [0.25, 0.3) is 0 Å². The van der Waals surface area contributed by atoms with Gasteiger partial charge in [0, 0.05) is 24.4 Å². The summed E-state index contributed by atoms with van der Waals surface area (Å²) in [4.78, 5) is 27.4. The maximum absolute atomic E-state index is 13.0. The molecule has 0 aliphatic rings. The SMILES string of the molecule is CCCCCN(CC(=O)Nc1cc(C(C)(C)C)nn1-c1ccccc1C)C(=O)CCCC. The third-order valence-electron chi connectivity index (χ3n) is 5.55. The maximum Gasteiger partial charge on any atom is 0.245 e. The van der Waals surface area contributed by atoms with Gasteiger partial charge in [-0.15, -0.1) is 0 Å². The standard InChI is InChI=1S/C26H40N4O2/c1-7-9-13-17-29(25(32)16-10-8-2)19-24(31)27-23-18-22(26(4,5)6)28-30(23)21-15-12-11-14-20(21)3/h11-12,14-15,18H,7-10,13,16-17,19H2,1-6H3,(H,27,31). The molecule has 1 N–H and O–H groups in total. The number of aryl methyl sites for hydroxylation is 1. The Hall–Kier alpha value is -2.63. The highest BCUT2D eigenvalue weighted by Crippen LogP contribution is 2.27. The summed E-state index contributed by atoms with van der Waals surface area (Å²) in [6, 6.07) is 9.91. The van der Waals surface area contributed by atoms with Crippen LogP contribution in [-0.2, 0) is 15.0 Å². The molecule has 0 aliphatic heterocycles. The van der Waals surface area contributed by atoms with Crippen LogP contribution in [0.5, 0.6) is 0 Å². The fourth-order valence-corrected chi connectivity index (χ4v) is 3.51. The minimum absolute atomic E-state index is 0.0564. The molecule has 0 unspecified atom stereocenters. The number of benzene rings is 1. The Morgan fingerprint density at radius 3 is 2.38 bits per heavy atom. The zero-order valence-electron chi connectivity index (χ0n) is 20.7. The Kier molecular flexibility index (Phi) is 9.48. The van der Waals surface area contributed by atoms with Gasteiger partial charge in [-0.1, -0.05) is 72.1 Å². The van der Waals surface area contributed by atoms with Crippen molar-refractivity contribution in [2.45, 2.75) is 85.5 Å². The highest BCUT2D eigenvalue weighted by Gasteiger charge is 2.23. The molecule has 2 rings (SSSR count). The number of carbonyl (C=O) groups excluding carboxylic acids is 2. The number of nitrogens with one attached hydrogen (secondary N) is 1. The van der Waals surface area contributed by atoms with Crippen LogP contribution in [0.15, 0.2) is 30.3 Å². The molecule has 6 nitrogen and oxygen atoms in total. The van der Waals surface area contributed by atoms with Gasteiger partial charge in [-0.3, -0.25) is 9.59 Å². The number of carbonyl (C=O) groups is 2. The lowest BCUT2D eigenvalue weighted by Gasteiger charge is -2.22. The average Bonchev–Trinajstić information content (AvgIpc) is 3.15. The molecule has 0 fully saturated rings. The second-order valence-electron chi connectivity index (χ2n) is 9.54. The van der Waals surface area contributed by atoms with Crippen molar-refractivity contribution in [3.05, 3.63) is 41.6 Å². The van der Waals surface area contributed by atoms with Gasteiger partial charge in [0.05, 0.1) is 17.9 Å². The molecular weight excluding hydrogens is 400 g/mol. The molecule has 6 heteroatoms. The number of unbranched alkanes of at least 4 members (excludes halogenated alkanes) is 3. The van der Waals surface area contributed by atoms with Crippen LogP contribution in [0.25, 0.3) is 5.69 Å². The summed E-state index contributed by atoms with van der Waals surface area (Å²) in [7, 11) is 0. The molecule has 0 aliphatic carbocycles. The highest BCUT2D eigenvalue weighted by atomic mass is 16.2. The molecule has 2 amide bonds. The van der Waals surface area contributed by atoms with E-state index in [9.17, 15) is 9.59 Å². The first-order chi connectivity index (χ1) is 15.2. The van der Waals surface area contributed by atoms with E-state index in [2.05, 4.69) is 39.9 Å². The predicted molar refractivity (Wildman–Crippen MR) is 131 cm³/mol. The Labute approximate surface area is 193 Å². The molecule has 0 bridgehead atoms. The van der Waals surface area contributed by atoms with E-state index in [1.807, 2.05) is 37.3 Å². The van der Waals surface area contributed by atoms with Crippen LogP contribution < -0.4 is 5.32 Å². The van der Waals surface area contributed by atoms with Gasteiger partial charge >= 0.3 is 0 Å². The van der Waals surface area contributed by atoms with Gasteiger partial charge in [-0.2, -0.15) is 5.10 Å². The van der Waals surface area contributed by atoms with Crippen molar-refractivity contribution in [1.82, 2.24) is 14.7 Å². The Morgan fingerprint density at radius 1 is 1.06 bits per heavy atom. The van der Waals surface area contributed by atoms with E-state index in [1.54, 1.807) is 9.58 Å². The van der Waals surface area contributed by atoms with E-state index in [1.165, 1.54) is 0 Å². The third kappa shape index (κ3) is 7.21. The van der Waals surface area contributed by atoms with Crippen molar-refractivity contribution >= 4 is 17.6 Å². The maximum atomic E-state index is 13.0. The average molecular weight is 441 g/mol. The van der Waals surface area contributed by atoms with Crippen LogP contribution in [0.1, 0.15) is 84.4 Å². The number of para-hydroxylation sites is 1. The number of hydrogen-bond donors (Lipinski definition) is 1. The van der Waals surface area contributed by atoms with E-state index in [-0.39, 0.29) is 23.8 Å². The lowest BCUT2D eigenvalue weighted by Crippen LogP contribution is -2.38. The summed E-state index contributed by atoms with van der Waals surface area (Å²) in [5.74, 6) is 0.492. The molecule has 1 heterocycles. The van der Waals surface area contributed by atoms with Gasteiger partial charge < -0.3 is 10.2 Å². The van der Waals surface area contributed by atoms with E-state index in [0.717, 1.165) is 49.0 Å². The molecule has 1 aromatic heterocycles. The van der Waals surface area contributed by atoms with Gasteiger partial charge in [0.2, 0.25) is 11.8 Å². The molecule has 32 heavy (non-hydrogen) atoms. The first-order valence-corrected chi connectivity index (χ1v) is 11.9. The van der Waals surface area contributed by atoms with Crippen molar-refractivity contribution in [2.24, 2.45) is 0 Å². The monoisotopic (exact) mass is 440 g/mol. The quantitative estimate of drug-likeness (QED) is 0.461. The topological polar surface area (TPSA) is 67.2 Å². The summed E-state index contributed by atoms with van der Waals surface area (Å²) in [5.41, 5.74) is 2.74. The Balaban J connectivity index is 2.25. The molecule has 0 spiro atoms. The Bertz CT molecular complexity index is 895. The van der Waals surface area contributed by atoms with Crippen LogP contribution in [0.4, 0.5) is 5.82 Å². The number of rotatable bonds is 11. The van der Waals surface area contributed by atoms with Gasteiger partial charge in [-0.05, 0) is 31.4 Å². The number of hydrogen-bond acceptors (Lipinski definition) is 3.